The van der Waals surface area contributed by atoms with E-state index in [1.54, 1.807) is 0 Å². The molecule has 0 fully saturated rings. The summed E-state index contributed by atoms with van der Waals surface area (Å²) < 4.78 is 16.8. The van der Waals surface area contributed by atoms with Crippen LogP contribution in [0.2, 0.25) is 0 Å². The number of nitriles is 2. The zero-order valence-electron chi connectivity index (χ0n) is 43.6. The first kappa shape index (κ1) is 44.5. The molecule has 82 heavy (non-hydrogen) atoms. The van der Waals surface area contributed by atoms with E-state index in [0.717, 1.165) is 133 Å². The summed E-state index contributed by atoms with van der Waals surface area (Å²) in [6.45, 7) is 0. The van der Waals surface area contributed by atoms with Crippen molar-refractivity contribution >= 4 is 87.2 Å². The van der Waals surface area contributed by atoms with Gasteiger partial charge in [-0.15, -0.1) is 0 Å². The SMILES string of the molecule is N#Cc1ccc2c(c1)c1ccccc1n2-c1ccc2c(c1)Oc1cc(-n3c4ccccc4c4ccccc43)ccc1C21c2cc(-n3c4ccccc4c4ccccc43)cnc2-c2ncc(-n3c4ccccc4c4cc(C#N)ccc43)cc21. The van der Waals surface area contributed by atoms with Gasteiger partial charge >= 0.3 is 0 Å². The molecular weight excluding hydrogens is 1000 g/mol. The Morgan fingerprint density at radius 2 is 0.622 bits per heavy atom. The lowest BCUT2D eigenvalue weighted by Crippen LogP contribution is -2.32. The number of nitrogens with zero attached hydrogens (tertiary/aromatic N) is 8. The van der Waals surface area contributed by atoms with E-state index in [1.807, 2.05) is 36.7 Å². The van der Waals surface area contributed by atoms with Gasteiger partial charge in [0, 0.05) is 88.9 Å². The zero-order chi connectivity index (χ0) is 53.9. The molecule has 1 unspecified atom stereocenters. The predicted molar refractivity (Wildman–Crippen MR) is 326 cm³/mol. The van der Waals surface area contributed by atoms with Gasteiger partial charge in [0.05, 0.1) is 108 Å². The van der Waals surface area contributed by atoms with E-state index in [0.29, 0.717) is 22.6 Å². The van der Waals surface area contributed by atoms with E-state index in [9.17, 15) is 10.5 Å². The quantitative estimate of drug-likeness (QED) is 0.175. The summed E-state index contributed by atoms with van der Waals surface area (Å²) >= 11 is 0. The normalized spacial score (nSPS) is 14.2. The Balaban J connectivity index is 0.968. The number of para-hydroxylation sites is 6. The van der Waals surface area contributed by atoms with E-state index in [2.05, 4.69) is 237 Å². The number of ether oxygens (including phenoxy) is 1. The Hall–Kier alpha value is -11.5. The summed E-state index contributed by atoms with van der Waals surface area (Å²) in [5.41, 5.74) is 17.6. The number of aromatic nitrogens is 6. The summed E-state index contributed by atoms with van der Waals surface area (Å²) in [6, 6.07) is 85.9. The average Bonchev–Trinajstić information content (AvgIpc) is 1.60. The van der Waals surface area contributed by atoms with Crippen molar-refractivity contribution in [2.75, 3.05) is 0 Å². The number of pyridine rings is 2. The molecule has 0 bridgehead atoms. The molecule has 0 radical (unpaired) electrons. The third-order valence-corrected chi connectivity index (χ3v) is 17.5. The van der Waals surface area contributed by atoms with Crippen molar-refractivity contribution in [3.8, 4) is 57.8 Å². The summed E-state index contributed by atoms with van der Waals surface area (Å²) in [5.74, 6) is 1.40. The van der Waals surface area contributed by atoms with Crippen molar-refractivity contribution < 1.29 is 4.74 Å². The standard InChI is InChI=1S/C73H40N8O/c74-39-43-25-31-67-55(33-43)53-17-5-11-23-65(53)79(67)46-28-30-58-70(38-46)82-69-37-45(78-61-19-7-1-13-49(61)50-14-2-8-20-62(50)78)27-29-57(69)73(58)59-35-47(80-63-21-9-3-15-51(63)52-16-4-10-22-64(52)80)41-76-71(59)72-60(73)36-48(42-77-72)81-66-24-12-6-18-54(66)56-34-44(40-75)26-32-68(56)81/h1-38,41-42H. The third-order valence-electron chi connectivity index (χ3n) is 17.5. The van der Waals surface area contributed by atoms with Gasteiger partial charge in [-0.05, 0) is 97.1 Å². The van der Waals surface area contributed by atoms with Gasteiger partial charge < -0.3 is 23.0 Å². The van der Waals surface area contributed by atoms with Crippen LogP contribution in [0.15, 0.2) is 243 Å². The number of hydrogen-bond acceptors (Lipinski definition) is 5. The van der Waals surface area contributed by atoms with Crippen LogP contribution >= 0.6 is 0 Å². The van der Waals surface area contributed by atoms with Gasteiger partial charge in [0.1, 0.15) is 11.5 Å². The summed E-state index contributed by atoms with van der Waals surface area (Å²) in [7, 11) is 0. The second kappa shape index (κ2) is 16.3. The molecule has 0 saturated carbocycles. The molecule has 9 nitrogen and oxygen atoms in total. The van der Waals surface area contributed by atoms with Gasteiger partial charge in [-0.25, -0.2) is 0 Å². The molecule has 1 aliphatic carbocycles. The largest absolute Gasteiger partial charge is 0.457 e. The molecule has 1 aliphatic heterocycles. The maximum atomic E-state index is 10.1. The van der Waals surface area contributed by atoms with E-state index in [1.165, 1.54) is 10.8 Å². The van der Waals surface area contributed by atoms with E-state index < -0.39 is 5.41 Å². The molecule has 0 saturated heterocycles. The van der Waals surface area contributed by atoms with E-state index in [4.69, 9.17) is 14.7 Å². The Morgan fingerprint density at radius 3 is 0.976 bits per heavy atom. The number of hydrogen-bond donors (Lipinski definition) is 0. The van der Waals surface area contributed by atoms with Crippen LogP contribution in [-0.4, -0.2) is 28.2 Å². The summed E-state index contributed by atoms with van der Waals surface area (Å²) in [5, 5.41) is 29.0. The van der Waals surface area contributed by atoms with Crippen LogP contribution in [0.1, 0.15) is 33.4 Å². The lowest BCUT2D eigenvalue weighted by Gasteiger charge is -2.39. The van der Waals surface area contributed by atoms with Crippen LogP contribution in [0.3, 0.4) is 0 Å². The first-order valence-electron chi connectivity index (χ1n) is 27.4. The maximum Gasteiger partial charge on any atom is 0.134 e. The minimum absolute atomic E-state index is 0.602. The fraction of sp³-hybridized carbons (Fsp3) is 0.0137. The molecule has 6 aromatic heterocycles. The molecule has 7 heterocycles. The highest BCUT2D eigenvalue weighted by atomic mass is 16.5. The Kier molecular flexibility index (Phi) is 8.83. The van der Waals surface area contributed by atoms with Crippen molar-refractivity contribution in [1.29, 1.82) is 10.5 Å². The molecule has 2 aliphatic rings. The highest BCUT2D eigenvalue weighted by Crippen LogP contribution is 2.63. The first-order chi connectivity index (χ1) is 40.6. The smallest absolute Gasteiger partial charge is 0.134 e. The van der Waals surface area contributed by atoms with Crippen LogP contribution in [0, 0.1) is 22.7 Å². The van der Waals surface area contributed by atoms with Gasteiger partial charge in [-0.3, -0.25) is 9.97 Å². The van der Waals surface area contributed by atoms with Crippen LogP contribution in [0.5, 0.6) is 11.5 Å². The van der Waals surface area contributed by atoms with E-state index >= 15 is 0 Å². The fourth-order valence-electron chi connectivity index (χ4n) is 14.2. The molecule has 0 N–H and O–H groups in total. The Labute approximate surface area is 467 Å². The van der Waals surface area contributed by atoms with Gasteiger partial charge in [-0.1, -0.05) is 121 Å². The molecule has 378 valence electrons. The van der Waals surface area contributed by atoms with Gasteiger partial charge in [0.2, 0.25) is 0 Å². The minimum Gasteiger partial charge on any atom is -0.457 e. The summed E-state index contributed by atoms with van der Waals surface area (Å²) in [6.07, 6.45) is 3.98. The van der Waals surface area contributed by atoms with Crippen LogP contribution < -0.4 is 4.74 Å². The number of benzene rings is 10. The Morgan fingerprint density at radius 1 is 0.305 bits per heavy atom. The average molecular weight is 1050 g/mol. The van der Waals surface area contributed by atoms with Crippen molar-refractivity contribution in [2.45, 2.75) is 5.41 Å². The van der Waals surface area contributed by atoms with Gasteiger partial charge in [-0.2, -0.15) is 10.5 Å². The third kappa shape index (κ3) is 5.77. The monoisotopic (exact) mass is 1040 g/mol. The Bertz CT molecular complexity index is 5520. The topological polar surface area (TPSA) is 102 Å². The lowest BCUT2D eigenvalue weighted by molar-refractivity contribution is 0.436. The molecule has 16 aromatic rings. The molecule has 9 heteroatoms. The highest BCUT2D eigenvalue weighted by molar-refractivity contribution is 6.13. The van der Waals surface area contributed by atoms with Crippen LogP contribution in [0.25, 0.3) is 121 Å². The van der Waals surface area contributed by atoms with Gasteiger partial charge in [0.25, 0.3) is 0 Å². The van der Waals surface area contributed by atoms with Crippen molar-refractivity contribution in [1.82, 2.24) is 28.2 Å². The first-order valence-corrected chi connectivity index (χ1v) is 27.4. The lowest BCUT2D eigenvalue weighted by atomic mass is 9.66. The molecule has 1 spiro atoms. The second-order valence-electron chi connectivity index (χ2n) is 21.5. The van der Waals surface area contributed by atoms with Crippen molar-refractivity contribution in [3.63, 3.8) is 0 Å². The fourth-order valence-corrected chi connectivity index (χ4v) is 14.2. The van der Waals surface area contributed by atoms with Crippen LogP contribution in [0.4, 0.5) is 0 Å². The number of fused-ring (bicyclic) bond motifs is 21. The predicted octanol–water partition coefficient (Wildman–Crippen LogP) is 17.1. The van der Waals surface area contributed by atoms with Crippen molar-refractivity contribution in [2.24, 2.45) is 0 Å². The summed E-state index contributed by atoms with van der Waals surface area (Å²) in [4.78, 5) is 11.1. The van der Waals surface area contributed by atoms with E-state index in [-0.39, 0.29) is 0 Å². The van der Waals surface area contributed by atoms with Crippen molar-refractivity contribution in [3.05, 3.63) is 276 Å². The highest BCUT2D eigenvalue weighted by Gasteiger charge is 2.53. The minimum atomic E-state index is -1.05. The molecular formula is C73H40N8O. The van der Waals surface area contributed by atoms with Gasteiger partial charge in [0.15, 0.2) is 0 Å². The molecule has 0 amide bonds. The molecule has 1 atom stereocenters. The molecule has 10 aromatic carbocycles. The second-order valence-corrected chi connectivity index (χ2v) is 21.5. The van der Waals surface area contributed by atoms with Crippen LogP contribution in [-0.2, 0) is 5.41 Å². The number of rotatable bonds is 4. The maximum absolute atomic E-state index is 10.1. The zero-order valence-corrected chi connectivity index (χ0v) is 43.6. The molecule has 18 rings (SSSR count).